The fraction of sp³-hybridized carbons (Fsp3) is 0.286. The lowest BCUT2D eigenvalue weighted by Crippen LogP contribution is -2.20. The molecule has 0 aromatic heterocycles. The van der Waals surface area contributed by atoms with E-state index in [4.69, 9.17) is 0 Å². The minimum atomic E-state index is -0.331. The lowest BCUT2D eigenvalue weighted by atomic mass is 10.1. The zero-order valence-corrected chi connectivity index (χ0v) is 15.1. The number of anilines is 2. The molecular formula is C21H22N2O3. The number of Topliss-reactive ketones (excluding diaryl/α,β-unsaturated/α-hetero) is 1. The second kappa shape index (κ2) is 7.12. The van der Waals surface area contributed by atoms with Crippen LogP contribution in [-0.2, 0) is 9.59 Å². The Hall–Kier alpha value is -2.95. The Morgan fingerprint density at radius 2 is 1.46 bits per heavy atom. The van der Waals surface area contributed by atoms with Crippen molar-refractivity contribution in [3.05, 3.63) is 59.2 Å². The molecule has 0 radical (unpaired) electrons. The third kappa shape index (κ3) is 3.99. The number of aryl methyl sites for hydroxylation is 2. The van der Waals surface area contributed by atoms with Gasteiger partial charge in [0, 0.05) is 16.9 Å². The number of nitrogens with one attached hydrogen (secondary N) is 2. The van der Waals surface area contributed by atoms with Crippen molar-refractivity contribution in [2.24, 2.45) is 11.8 Å². The minimum Gasteiger partial charge on any atom is -0.326 e. The molecule has 3 rings (SSSR count). The van der Waals surface area contributed by atoms with E-state index < -0.39 is 0 Å². The summed E-state index contributed by atoms with van der Waals surface area (Å²) in [6.45, 7) is 5.49. The molecule has 5 nitrogen and oxygen atoms in total. The maximum atomic E-state index is 12.3. The Morgan fingerprint density at radius 3 is 2.04 bits per heavy atom. The van der Waals surface area contributed by atoms with Gasteiger partial charge >= 0.3 is 0 Å². The monoisotopic (exact) mass is 350 g/mol. The minimum absolute atomic E-state index is 0.0573. The molecular weight excluding hydrogens is 328 g/mol. The highest BCUT2D eigenvalue weighted by atomic mass is 16.2. The van der Waals surface area contributed by atoms with E-state index in [1.54, 1.807) is 24.3 Å². The zero-order chi connectivity index (χ0) is 18.8. The predicted octanol–water partition coefficient (Wildman–Crippen LogP) is 3.72. The molecule has 5 heteroatoms. The molecule has 2 N–H and O–H groups in total. The van der Waals surface area contributed by atoms with Crippen LogP contribution in [0.1, 0.15) is 34.8 Å². The number of amides is 2. The summed E-state index contributed by atoms with van der Waals surface area (Å²) in [7, 11) is 0. The van der Waals surface area contributed by atoms with Crippen molar-refractivity contribution in [1.29, 1.82) is 0 Å². The first kappa shape index (κ1) is 17.9. The van der Waals surface area contributed by atoms with Crippen LogP contribution in [0.5, 0.6) is 0 Å². The third-order valence-electron chi connectivity index (χ3n) is 4.78. The topological polar surface area (TPSA) is 75.3 Å². The second-order valence-electron chi connectivity index (χ2n) is 6.86. The first-order valence-corrected chi connectivity index (χ1v) is 8.65. The van der Waals surface area contributed by atoms with Gasteiger partial charge in [-0.2, -0.15) is 0 Å². The summed E-state index contributed by atoms with van der Waals surface area (Å²) < 4.78 is 0. The van der Waals surface area contributed by atoms with Gasteiger partial charge in [0.25, 0.3) is 0 Å². The van der Waals surface area contributed by atoms with Crippen molar-refractivity contribution in [1.82, 2.24) is 0 Å². The van der Waals surface area contributed by atoms with Crippen molar-refractivity contribution < 1.29 is 14.4 Å². The van der Waals surface area contributed by atoms with Crippen molar-refractivity contribution >= 4 is 29.0 Å². The highest BCUT2D eigenvalue weighted by molar-refractivity contribution is 6.04. The molecule has 1 saturated carbocycles. The fourth-order valence-electron chi connectivity index (χ4n) is 2.88. The van der Waals surface area contributed by atoms with Crippen LogP contribution in [0.2, 0.25) is 0 Å². The molecule has 2 amide bonds. The molecule has 134 valence electrons. The van der Waals surface area contributed by atoms with Gasteiger partial charge in [-0.15, -0.1) is 0 Å². The quantitative estimate of drug-likeness (QED) is 0.807. The summed E-state index contributed by atoms with van der Waals surface area (Å²) in [4.78, 5) is 36.1. The highest BCUT2D eigenvalue weighted by Gasteiger charge is 2.48. The molecule has 0 saturated heterocycles. The Labute approximate surface area is 152 Å². The summed E-state index contributed by atoms with van der Waals surface area (Å²) in [5.41, 5.74) is 4.14. The van der Waals surface area contributed by atoms with Crippen LogP contribution in [0.25, 0.3) is 0 Å². The third-order valence-corrected chi connectivity index (χ3v) is 4.78. The maximum Gasteiger partial charge on any atom is 0.228 e. The molecule has 1 aliphatic carbocycles. The fourth-order valence-corrected chi connectivity index (χ4v) is 2.88. The number of ketones is 1. The van der Waals surface area contributed by atoms with E-state index in [0.29, 0.717) is 17.7 Å². The Morgan fingerprint density at radius 1 is 0.846 bits per heavy atom. The number of carbonyl (C=O) groups is 3. The Balaban J connectivity index is 1.58. The van der Waals surface area contributed by atoms with Gasteiger partial charge in [-0.1, -0.05) is 18.2 Å². The molecule has 0 spiro atoms. The van der Waals surface area contributed by atoms with E-state index in [1.807, 2.05) is 32.0 Å². The van der Waals surface area contributed by atoms with Gasteiger partial charge in [-0.3, -0.25) is 14.4 Å². The summed E-state index contributed by atoms with van der Waals surface area (Å²) in [6, 6.07) is 12.6. The summed E-state index contributed by atoms with van der Waals surface area (Å²) >= 11 is 0. The maximum absolute atomic E-state index is 12.3. The lowest BCUT2D eigenvalue weighted by molar-refractivity contribution is -0.122. The SMILES string of the molecule is CC(=O)c1cccc(NC(=O)C2CC2C(=O)Nc2ccc(C)c(C)c2)c1. The smallest absolute Gasteiger partial charge is 0.228 e. The normalized spacial score (nSPS) is 18.1. The second-order valence-corrected chi connectivity index (χ2v) is 6.86. The van der Waals surface area contributed by atoms with E-state index in [-0.39, 0.29) is 29.4 Å². The van der Waals surface area contributed by atoms with Gasteiger partial charge in [0.2, 0.25) is 11.8 Å². The van der Waals surface area contributed by atoms with Gasteiger partial charge in [0.1, 0.15) is 0 Å². The van der Waals surface area contributed by atoms with Crippen LogP contribution in [0, 0.1) is 25.7 Å². The van der Waals surface area contributed by atoms with Crippen molar-refractivity contribution in [2.45, 2.75) is 27.2 Å². The molecule has 0 aliphatic heterocycles. The average Bonchev–Trinajstić information content (AvgIpc) is 3.39. The van der Waals surface area contributed by atoms with Crippen LogP contribution in [0.15, 0.2) is 42.5 Å². The van der Waals surface area contributed by atoms with Gasteiger partial charge in [0.05, 0.1) is 11.8 Å². The molecule has 1 fully saturated rings. The molecule has 26 heavy (non-hydrogen) atoms. The van der Waals surface area contributed by atoms with Gasteiger partial charge in [-0.25, -0.2) is 0 Å². The number of carbonyl (C=O) groups excluding carboxylic acids is 3. The first-order valence-electron chi connectivity index (χ1n) is 8.65. The van der Waals surface area contributed by atoms with Crippen LogP contribution in [0.3, 0.4) is 0 Å². The molecule has 0 bridgehead atoms. The standard InChI is InChI=1S/C21H22N2O3/c1-12-7-8-17(9-13(12)2)23-21(26)19-11-18(19)20(25)22-16-6-4-5-15(10-16)14(3)24/h4-10,18-19H,11H2,1-3H3,(H,22,25)(H,23,26). The molecule has 2 aromatic carbocycles. The lowest BCUT2D eigenvalue weighted by Gasteiger charge is -2.08. The van der Waals surface area contributed by atoms with Gasteiger partial charge in [-0.05, 0) is 62.6 Å². The van der Waals surface area contributed by atoms with Crippen molar-refractivity contribution in [3.8, 4) is 0 Å². The van der Waals surface area contributed by atoms with Gasteiger partial charge in [0.15, 0.2) is 5.78 Å². The number of hydrogen-bond acceptors (Lipinski definition) is 3. The molecule has 1 aliphatic rings. The van der Waals surface area contributed by atoms with E-state index in [0.717, 1.165) is 11.3 Å². The molecule has 2 unspecified atom stereocenters. The molecule has 0 heterocycles. The molecule has 2 aromatic rings. The molecule has 2 atom stereocenters. The largest absolute Gasteiger partial charge is 0.326 e. The van der Waals surface area contributed by atoms with Gasteiger partial charge < -0.3 is 10.6 Å². The summed E-state index contributed by atoms with van der Waals surface area (Å²) in [5.74, 6) is -1.02. The van der Waals surface area contributed by atoms with Crippen LogP contribution < -0.4 is 10.6 Å². The van der Waals surface area contributed by atoms with E-state index in [2.05, 4.69) is 10.6 Å². The van der Waals surface area contributed by atoms with E-state index in [9.17, 15) is 14.4 Å². The van der Waals surface area contributed by atoms with Crippen LogP contribution >= 0.6 is 0 Å². The number of benzene rings is 2. The Kier molecular flexibility index (Phi) is 4.89. The summed E-state index contributed by atoms with van der Waals surface area (Å²) in [6.07, 6.45) is 0.537. The zero-order valence-electron chi connectivity index (χ0n) is 15.1. The highest BCUT2D eigenvalue weighted by Crippen LogP contribution is 2.40. The number of rotatable bonds is 5. The van der Waals surface area contributed by atoms with Crippen LogP contribution in [-0.4, -0.2) is 17.6 Å². The predicted molar refractivity (Wildman–Crippen MR) is 101 cm³/mol. The van der Waals surface area contributed by atoms with E-state index >= 15 is 0 Å². The number of hydrogen-bond donors (Lipinski definition) is 2. The van der Waals surface area contributed by atoms with Crippen molar-refractivity contribution in [2.75, 3.05) is 10.6 Å². The average molecular weight is 350 g/mol. The van der Waals surface area contributed by atoms with Crippen LogP contribution in [0.4, 0.5) is 11.4 Å². The van der Waals surface area contributed by atoms with Crippen molar-refractivity contribution in [3.63, 3.8) is 0 Å². The first-order chi connectivity index (χ1) is 12.3. The Bertz CT molecular complexity index is 889. The van der Waals surface area contributed by atoms with E-state index in [1.165, 1.54) is 12.5 Å². The summed E-state index contributed by atoms with van der Waals surface area (Å²) in [5, 5.41) is 5.67.